The summed E-state index contributed by atoms with van der Waals surface area (Å²) in [4.78, 5) is 24.5. The molecule has 8 nitrogen and oxygen atoms in total. The molecule has 8 heteroatoms. The number of ether oxygens (including phenoxy) is 2. The van der Waals surface area contributed by atoms with E-state index in [4.69, 9.17) is 10.5 Å². The van der Waals surface area contributed by atoms with Crippen LogP contribution in [0.3, 0.4) is 0 Å². The van der Waals surface area contributed by atoms with Crippen molar-refractivity contribution in [1.82, 2.24) is 4.98 Å². The quantitative estimate of drug-likeness (QED) is 0.623. The van der Waals surface area contributed by atoms with Crippen molar-refractivity contribution in [2.45, 2.75) is 20.0 Å². The summed E-state index contributed by atoms with van der Waals surface area (Å²) in [5, 5.41) is 10.6. The van der Waals surface area contributed by atoms with Gasteiger partial charge < -0.3 is 15.2 Å². The first-order valence-corrected chi connectivity index (χ1v) is 5.10. The Balaban J connectivity index is 2.67. The average molecular weight is 255 g/mol. The zero-order chi connectivity index (χ0) is 13.7. The molecule has 0 aliphatic heterocycles. The Labute approximate surface area is 103 Å². The van der Waals surface area contributed by atoms with E-state index in [9.17, 15) is 14.9 Å². The van der Waals surface area contributed by atoms with E-state index in [1.807, 2.05) is 0 Å². The predicted molar refractivity (Wildman–Crippen MR) is 61.3 cm³/mol. The van der Waals surface area contributed by atoms with Crippen LogP contribution in [0, 0.1) is 17.0 Å². The summed E-state index contributed by atoms with van der Waals surface area (Å²) in [6.07, 6.45) is -1.47. The molecule has 0 aliphatic rings. The molecular weight excluding hydrogens is 242 g/mol. The lowest BCUT2D eigenvalue weighted by Gasteiger charge is -2.12. The number of rotatable bonds is 5. The Bertz CT molecular complexity index is 463. The Morgan fingerprint density at radius 1 is 1.61 bits per heavy atom. The van der Waals surface area contributed by atoms with Crippen LogP contribution in [-0.2, 0) is 4.74 Å². The number of primary amides is 1. The van der Waals surface area contributed by atoms with Gasteiger partial charge in [0.25, 0.3) is 5.69 Å². The molecule has 1 aromatic rings. The van der Waals surface area contributed by atoms with E-state index in [0.29, 0.717) is 5.69 Å². The number of nitrogens with two attached hydrogens (primary N) is 1. The molecule has 1 atom stereocenters. The molecule has 0 radical (unpaired) electrons. The SMILES string of the molecule is Cc1cc([N+](=O)[O-])cc(OC[C@H](C)OC(N)=O)n1. The normalized spacial score (nSPS) is 11.7. The third-order valence-corrected chi connectivity index (χ3v) is 1.91. The molecule has 0 spiro atoms. The molecule has 0 aromatic carbocycles. The Hall–Kier alpha value is -2.38. The van der Waals surface area contributed by atoms with Gasteiger partial charge in [-0.2, -0.15) is 0 Å². The number of hydrogen-bond acceptors (Lipinski definition) is 6. The third kappa shape index (κ3) is 4.24. The van der Waals surface area contributed by atoms with Gasteiger partial charge in [-0.05, 0) is 13.8 Å². The van der Waals surface area contributed by atoms with Gasteiger partial charge in [-0.25, -0.2) is 9.78 Å². The van der Waals surface area contributed by atoms with Crippen molar-refractivity contribution in [2.75, 3.05) is 6.61 Å². The number of aryl methyl sites for hydroxylation is 1. The van der Waals surface area contributed by atoms with E-state index >= 15 is 0 Å². The molecule has 0 bridgehead atoms. The minimum absolute atomic E-state index is 0.0105. The molecule has 1 amide bonds. The summed E-state index contributed by atoms with van der Waals surface area (Å²) >= 11 is 0. The monoisotopic (exact) mass is 255 g/mol. The van der Waals surface area contributed by atoms with Crippen molar-refractivity contribution in [2.24, 2.45) is 5.73 Å². The largest absolute Gasteiger partial charge is 0.474 e. The van der Waals surface area contributed by atoms with Crippen molar-refractivity contribution in [1.29, 1.82) is 0 Å². The molecule has 1 heterocycles. The van der Waals surface area contributed by atoms with Gasteiger partial charge in [0.1, 0.15) is 12.7 Å². The van der Waals surface area contributed by atoms with Gasteiger partial charge in [0.05, 0.1) is 11.0 Å². The van der Waals surface area contributed by atoms with Crippen LogP contribution >= 0.6 is 0 Å². The highest BCUT2D eigenvalue weighted by atomic mass is 16.6. The maximum Gasteiger partial charge on any atom is 0.404 e. The van der Waals surface area contributed by atoms with Crippen molar-refractivity contribution in [3.05, 3.63) is 27.9 Å². The van der Waals surface area contributed by atoms with Gasteiger partial charge >= 0.3 is 6.09 Å². The maximum absolute atomic E-state index is 10.6. The number of nitrogens with zero attached hydrogens (tertiary/aromatic N) is 2. The number of hydrogen-bond donors (Lipinski definition) is 1. The average Bonchev–Trinajstić information content (AvgIpc) is 2.24. The lowest BCUT2D eigenvalue weighted by atomic mass is 10.3. The summed E-state index contributed by atoms with van der Waals surface area (Å²) in [6, 6.07) is 2.53. The van der Waals surface area contributed by atoms with Crippen LogP contribution in [0.4, 0.5) is 10.5 Å². The van der Waals surface area contributed by atoms with Gasteiger partial charge in [0.2, 0.25) is 5.88 Å². The molecule has 0 saturated heterocycles. The fraction of sp³-hybridized carbons (Fsp3) is 0.400. The topological polar surface area (TPSA) is 118 Å². The van der Waals surface area contributed by atoms with Gasteiger partial charge in [-0.15, -0.1) is 0 Å². The van der Waals surface area contributed by atoms with Crippen molar-refractivity contribution < 1.29 is 19.2 Å². The zero-order valence-corrected chi connectivity index (χ0v) is 9.95. The van der Waals surface area contributed by atoms with E-state index in [-0.39, 0.29) is 18.2 Å². The van der Waals surface area contributed by atoms with E-state index in [2.05, 4.69) is 9.72 Å². The molecule has 1 aromatic heterocycles. The van der Waals surface area contributed by atoms with Crippen LogP contribution in [-0.4, -0.2) is 28.7 Å². The molecule has 0 fully saturated rings. The summed E-state index contributed by atoms with van der Waals surface area (Å²) in [5.74, 6) is 0.0987. The van der Waals surface area contributed by atoms with Gasteiger partial charge in [0, 0.05) is 11.8 Å². The second-order valence-electron chi connectivity index (χ2n) is 3.62. The lowest BCUT2D eigenvalue weighted by Crippen LogP contribution is -2.25. The number of nitro groups is 1. The Kier molecular flexibility index (Phi) is 4.41. The standard InChI is InChI=1S/C10H13N3O5/c1-6-3-8(13(15)16)4-9(12-6)17-5-7(2)18-10(11)14/h3-4,7H,5H2,1-2H3,(H2,11,14)/t7-/m0/s1. The summed E-state index contributed by atoms with van der Waals surface area (Å²) < 4.78 is 9.82. The summed E-state index contributed by atoms with van der Waals surface area (Å²) in [6.45, 7) is 3.20. The molecule has 98 valence electrons. The minimum atomic E-state index is -0.908. The fourth-order valence-corrected chi connectivity index (χ4v) is 1.23. The summed E-state index contributed by atoms with van der Waals surface area (Å²) in [5.41, 5.74) is 5.18. The van der Waals surface area contributed by atoms with Crippen LogP contribution in [0.1, 0.15) is 12.6 Å². The lowest BCUT2D eigenvalue weighted by molar-refractivity contribution is -0.385. The van der Waals surface area contributed by atoms with Gasteiger partial charge in [-0.1, -0.05) is 0 Å². The summed E-state index contributed by atoms with van der Waals surface area (Å²) in [7, 11) is 0. The zero-order valence-electron chi connectivity index (χ0n) is 9.95. The van der Waals surface area contributed by atoms with Crippen molar-refractivity contribution in [3.63, 3.8) is 0 Å². The molecule has 18 heavy (non-hydrogen) atoms. The van der Waals surface area contributed by atoms with Crippen LogP contribution in [0.5, 0.6) is 5.88 Å². The third-order valence-electron chi connectivity index (χ3n) is 1.91. The van der Waals surface area contributed by atoms with Gasteiger partial charge in [0.15, 0.2) is 0 Å². The first kappa shape index (κ1) is 13.7. The fourth-order valence-electron chi connectivity index (χ4n) is 1.23. The first-order chi connectivity index (χ1) is 8.38. The Morgan fingerprint density at radius 3 is 2.83 bits per heavy atom. The van der Waals surface area contributed by atoms with Crippen LogP contribution in [0.15, 0.2) is 12.1 Å². The highest BCUT2D eigenvalue weighted by Crippen LogP contribution is 2.18. The van der Waals surface area contributed by atoms with E-state index in [1.165, 1.54) is 12.1 Å². The van der Waals surface area contributed by atoms with Crippen LogP contribution in [0.2, 0.25) is 0 Å². The van der Waals surface area contributed by atoms with Crippen LogP contribution < -0.4 is 10.5 Å². The van der Waals surface area contributed by atoms with Crippen molar-refractivity contribution >= 4 is 11.8 Å². The predicted octanol–water partition coefficient (Wildman–Crippen LogP) is 1.16. The number of carbonyl (C=O) groups excluding carboxylic acids is 1. The molecule has 0 saturated carbocycles. The highest BCUT2D eigenvalue weighted by Gasteiger charge is 2.12. The number of carbonyl (C=O) groups is 1. The Morgan fingerprint density at radius 2 is 2.28 bits per heavy atom. The second-order valence-corrected chi connectivity index (χ2v) is 3.62. The van der Waals surface area contributed by atoms with E-state index < -0.39 is 17.1 Å². The second kappa shape index (κ2) is 5.80. The van der Waals surface area contributed by atoms with E-state index in [0.717, 1.165) is 0 Å². The maximum atomic E-state index is 10.6. The van der Waals surface area contributed by atoms with Crippen LogP contribution in [0.25, 0.3) is 0 Å². The minimum Gasteiger partial charge on any atom is -0.474 e. The van der Waals surface area contributed by atoms with E-state index in [1.54, 1.807) is 13.8 Å². The molecule has 0 unspecified atom stereocenters. The smallest absolute Gasteiger partial charge is 0.404 e. The molecule has 1 rings (SSSR count). The highest BCUT2D eigenvalue weighted by molar-refractivity contribution is 5.64. The number of amides is 1. The molecule has 0 aliphatic carbocycles. The van der Waals surface area contributed by atoms with Gasteiger partial charge in [-0.3, -0.25) is 10.1 Å². The molecular formula is C10H13N3O5. The number of pyridine rings is 1. The molecule has 2 N–H and O–H groups in total. The van der Waals surface area contributed by atoms with Crippen molar-refractivity contribution in [3.8, 4) is 5.88 Å². The first-order valence-electron chi connectivity index (χ1n) is 5.10. The number of aromatic nitrogens is 1.